The Bertz CT molecular complexity index is 457. The van der Waals surface area contributed by atoms with E-state index in [0.717, 1.165) is 43.2 Å². The van der Waals surface area contributed by atoms with Gasteiger partial charge in [-0.2, -0.15) is 0 Å². The molecule has 1 aliphatic heterocycles. The average molecular weight is 292 g/mol. The topological polar surface area (TPSA) is 15.3 Å². The minimum Gasteiger partial charge on any atom is -0.308 e. The highest BCUT2D eigenvalue weighted by molar-refractivity contribution is 5.25. The lowest BCUT2D eigenvalue weighted by molar-refractivity contribution is 0.183. The molecule has 0 atom stereocenters. The van der Waals surface area contributed by atoms with E-state index in [1.807, 2.05) is 12.1 Å². The van der Waals surface area contributed by atoms with E-state index in [1.165, 1.54) is 12.8 Å². The maximum absolute atomic E-state index is 14.0. The number of likely N-dealkylation sites (tertiary alicyclic amines) is 1. The van der Waals surface area contributed by atoms with Crippen molar-refractivity contribution in [3.8, 4) is 0 Å². The highest BCUT2D eigenvalue weighted by Gasteiger charge is 2.17. The summed E-state index contributed by atoms with van der Waals surface area (Å²) < 4.78 is 14.0. The summed E-state index contributed by atoms with van der Waals surface area (Å²) in [7, 11) is 0. The van der Waals surface area contributed by atoms with E-state index < -0.39 is 0 Å². The van der Waals surface area contributed by atoms with Gasteiger partial charge in [0, 0.05) is 24.2 Å². The second kappa shape index (κ2) is 6.89. The third kappa shape index (κ3) is 5.40. The van der Waals surface area contributed by atoms with E-state index in [2.05, 4.69) is 37.9 Å². The zero-order valence-electron chi connectivity index (χ0n) is 13.9. The van der Waals surface area contributed by atoms with E-state index in [1.54, 1.807) is 6.07 Å². The van der Waals surface area contributed by atoms with Crippen LogP contribution in [0, 0.1) is 11.7 Å². The molecule has 1 saturated heterocycles. The molecule has 1 fully saturated rings. The largest absolute Gasteiger partial charge is 0.308 e. The van der Waals surface area contributed by atoms with E-state index in [0.29, 0.717) is 0 Å². The number of hydrogen-bond donors (Lipinski definition) is 1. The van der Waals surface area contributed by atoms with Crippen LogP contribution in [0.2, 0.25) is 0 Å². The smallest absolute Gasteiger partial charge is 0.127 e. The molecular weight excluding hydrogens is 263 g/mol. The van der Waals surface area contributed by atoms with Crippen molar-refractivity contribution in [2.45, 2.75) is 59.2 Å². The van der Waals surface area contributed by atoms with Crippen LogP contribution in [-0.2, 0) is 13.1 Å². The summed E-state index contributed by atoms with van der Waals surface area (Å²) >= 11 is 0. The Kier molecular flexibility index (Phi) is 5.39. The van der Waals surface area contributed by atoms with Crippen LogP contribution in [0.1, 0.15) is 51.7 Å². The molecule has 1 heterocycles. The van der Waals surface area contributed by atoms with Gasteiger partial charge in [-0.05, 0) is 64.3 Å². The first-order valence-corrected chi connectivity index (χ1v) is 8.08. The van der Waals surface area contributed by atoms with Gasteiger partial charge in [-0.3, -0.25) is 4.90 Å². The number of nitrogens with zero attached hydrogens (tertiary/aromatic N) is 1. The number of benzene rings is 1. The fraction of sp³-hybridized carbons (Fsp3) is 0.667. The summed E-state index contributed by atoms with van der Waals surface area (Å²) in [6.45, 7) is 12.4. The number of halogens is 1. The molecule has 1 aromatic rings. The molecule has 1 aliphatic rings. The van der Waals surface area contributed by atoms with Crippen LogP contribution < -0.4 is 5.32 Å². The van der Waals surface area contributed by atoms with Gasteiger partial charge in [0.1, 0.15) is 5.82 Å². The van der Waals surface area contributed by atoms with Gasteiger partial charge in [0.05, 0.1) is 0 Å². The summed E-state index contributed by atoms with van der Waals surface area (Å²) in [6.07, 6.45) is 2.46. The minimum atomic E-state index is -0.0758. The Hall–Kier alpha value is -0.930. The first kappa shape index (κ1) is 16.4. The van der Waals surface area contributed by atoms with Crippen molar-refractivity contribution in [3.63, 3.8) is 0 Å². The fourth-order valence-electron chi connectivity index (χ4n) is 2.69. The first-order chi connectivity index (χ1) is 9.83. The van der Waals surface area contributed by atoms with Crippen molar-refractivity contribution in [2.75, 3.05) is 13.1 Å². The van der Waals surface area contributed by atoms with Crippen LogP contribution in [0.3, 0.4) is 0 Å². The standard InChI is InChI=1S/C18H29FN2/c1-14-7-9-21(10-8-14)13-16-11-15(5-6-17(16)19)12-20-18(2,3)4/h5-6,11,14,20H,7-10,12-13H2,1-4H3. The summed E-state index contributed by atoms with van der Waals surface area (Å²) in [4.78, 5) is 2.37. The molecule has 0 spiro atoms. The molecule has 0 bridgehead atoms. The molecule has 0 radical (unpaired) electrons. The Morgan fingerprint density at radius 1 is 1.24 bits per heavy atom. The molecule has 0 aromatic heterocycles. The van der Waals surface area contributed by atoms with Crippen molar-refractivity contribution in [2.24, 2.45) is 5.92 Å². The van der Waals surface area contributed by atoms with Crippen molar-refractivity contribution in [1.82, 2.24) is 10.2 Å². The summed E-state index contributed by atoms with van der Waals surface area (Å²) in [6, 6.07) is 5.52. The molecule has 0 unspecified atom stereocenters. The maximum Gasteiger partial charge on any atom is 0.127 e. The molecule has 1 N–H and O–H groups in total. The molecule has 0 saturated carbocycles. The number of piperidine rings is 1. The van der Waals surface area contributed by atoms with Gasteiger partial charge in [-0.25, -0.2) is 4.39 Å². The Morgan fingerprint density at radius 3 is 2.52 bits per heavy atom. The van der Waals surface area contributed by atoms with Crippen LogP contribution in [0.5, 0.6) is 0 Å². The number of nitrogens with one attached hydrogen (secondary N) is 1. The Balaban J connectivity index is 1.98. The lowest BCUT2D eigenvalue weighted by atomic mass is 9.98. The molecule has 3 heteroatoms. The monoisotopic (exact) mass is 292 g/mol. The van der Waals surface area contributed by atoms with Gasteiger partial charge >= 0.3 is 0 Å². The molecule has 21 heavy (non-hydrogen) atoms. The predicted octanol–water partition coefficient (Wildman–Crippen LogP) is 3.95. The molecule has 2 nitrogen and oxygen atoms in total. The van der Waals surface area contributed by atoms with Crippen LogP contribution in [0.25, 0.3) is 0 Å². The van der Waals surface area contributed by atoms with Gasteiger partial charge in [0.15, 0.2) is 0 Å². The zero-order chi connectivity index (χ0) is 15.5. The highest BCUT2D eigenvalue weighted by Crippen LogP contribution is 2.20. The van der Waals surface area contributed by atoms with E-state index in [-0.39, 0.29) is 11.4 Å². The van der Waals surface area contributed by atoms with E-state index in [4.69, 9.17) is 0 Å². The second-order valence-electron chi connectivity index (χ2n) is 7.49. The fourth-order valence-corrected chi connectivity index (χ4v) is 2.69. The van der Waals surface area contributed by atoms with Crippen LogP contribution in [0.4, 0.5) is 4.39 Å². The van der Waals surface area contributed by atoms with Gasteiger partial charge in [0.25, 0.3) is 0 Å². The number of rotatable bonds is 4. The normalized spacial score (nSPS) is 18.1. The summed E-state index contributed by atoms with van der Waals surface area (Å²) in [5.41, 5.74) is 2.07. The quantitative estimate of drug-likeness (QED) is 0.904. The predicted molar refractivity (Wildman–Crippen MR) is 86.7 cm³/mol. The van der Waals surface area contributed by atoms with Gasteiger partial charge in [-0.1, -0.05) is 19.1 Å². The summed E-state index contributed by atoms with van der Waals surface area (Å²) in [5, 5.41) is 3.46. The molecule has 2 rings (SSSR count). The van der Waals surface area contributed by atoms with Gasteiger partial charge in [0.2, 0.25) is 0 Å². The van der Waals surface area contributed by atoms with Crippen molar-refractivity contribution < 1.29 is 4.39 Å². The van der Waals surface area contributed by atoms with Gasteiger partial charge < -0.3 is 5.32 Å². The van der Waals surface area contributed by atoms with Crippen LogP contribution in [-0.4, -0.2) is 23.5 Å². The molecule has 1 aromatic carbocycles. The van der Waals surface area contributed by atoms with Crippen molar-refractivity contribution in [1.29, 1.82) is 0 Å². The third-order valence-corrected chi connectivity index (χ3v) is 4.20. The molecular formula is C18H29FN2. The summed E-state index contributed by atoms with van der Waals surface area (Å²) in [5.74, 6) is 0.738. The van der Waals surface area contributed by atoms with E-state index >= 15 is 0 Å². The maximum atomic E-state index is 14.0. The average Bonchev–Trinajstić information content (AvgIpc) is 2.41. The SMILES string of the molecule is CC1CCN(Cc2cc(CNC(C)(C)C)ccc2F)CC1. The number of hydrogen-bond acceptors (Lipinski definition) is 2. The van der Waals surface area contributed by atoms with Gasteiger partial charge in [-0.15, -0.1) is 0 Å². The first-order valence-electron chi connectivity index (χ1n) is 8.08. The lowest BCUT2D eigenvalue weighted by Crippen LogP contribution is -2.35. The van der Waals surface area contributed by atoms with E-state index in [9.17, 15) is 4.39 Å². The molecule has 118 valence electrons. The van der Waals surface area contributed by atoms with Crippen LogP contribution in [0.15, 0.2) is 18.2 Å². The Morgan fingerprint density at radius 2 is 1.90 bits per heavy atom. The zero-order valence-corrected chi connectivity index (χ0v) is 13.9. The lowest BCUT2D eigenvalue weighted by Gasteiger charge is -2.30. The minimum absolute atomic E-state index is 0.0758. The third-order valence-electron chi connectivity index (χ3n) is 4.20. The second-order valence-corrected chi connectivity index (χ2v) is 7.49. The Labute approximate surface area is 128 Å². The molecule has 0 amide bonds. The van der Waals surface area contributed by atoms with Crippen molar-refractivity contribution in [3.05, 3.63) is 35.1 Å². The highest BCUT2D eigenvalue weighted by atomic mass is 19.1. The molecule has 0 aliphatic carbocycles. The van der Waals surface area contributed by atoms with Crippen molar-refractivity contribution >= 4 is 0 Å². The van der Waals surface area contributed by atoms with Crippen LogP contribution >= 0.6 is 0 Å².